The third kappa shape index (κ3) is 2.17. The Hall–Kier alpha value is -0.780. The minimum Gasteiger partial charge on any atom is -0.495 e. The number of halogens is 1. The lowest BCUT2D eigenvalue weighted by Crippen LogP contribution is -2.05. The van der Waals surface area contributed by atoms with Crippen LogP contribution in [-0.4, -0.2) is 26.6 Å². The van der Waals surface area contributed by atoms with Gasteiger partial charge in [-0.2, -0.15) is 0 Å². The molecule has 14 heavy (non-hydrogen) atoms. The maximum atomic E-state index is 11.2. The number of sulfone groups is 1. The zero-order chi connectivity index (χ0) is 10.8. The van der Waals surface area contributed by atoms with E-state index in [1.54, 1.807) is 0 Å². The number of hydrogen-bond donors (Lipinski definition) is 1. The average Bonchev–Trinajstić information content (AvgIpc) is 2.17. The third-order valence-corrected chi connectivity index (χ3v) is 3.26. The first-order valence-electron chi connectivity index (χ1n) is 3.68. The molecule has 6 heteroatoms. The highest BCUT2D eigenvalue weighted by molar-refractivity contribution is 7.91. The van der Waals surface area contributed by atoms with Gasteiger partial charge >= 0.3 is 0 Å². The molecule has 0 bridgehead atoms. The summed E-state index contributed by atoms with van der Waals surface area (Å²) in [5, 5.41) is 8.80. The SMILES string of the molecule is COc1ccc(S(=O)(=O)CO)cc1Cl. The molecule has 1 aromatic carbocycles. The number of benzene rings is 1. The normalized spacial score (nSPS) is 11.4. The van der Waals surface area contributed by atoms with Crippen molar-refractivity contribution in [2.75, 3.05) is 13.0 Å². The second-order valence-electron chi connectivity index (χ2n) is 2.54. The molecular formula is C8H9ClO4S. The van der Waals surface area contributed by atoms with Crippen molar-refractivity contribution in [1.82, 2.24) is 0 Å². The summed E-state index contributed by atoms with van der Waals surface area (Å²) in [5.74, 6) is -0.543. The standard InChI is InChI=1S/C8H9ClO4S/c1-13-8-3-2-6(4-7(8)9)14(11,12)5-10/h2-4,10H,5H2,1H3. The molecule has 0 aliphatic carbocycles. The van der Waals surface area contributed by atoms with Crippen LogP contribution in [0.5, 0.6) is 5.75 Å². The quantitative estimate of drug-likeness (QED) is 0.853. The second-order valence-corrected chi connectivity index (χ2v) is 4.91. The van der Waals surface area contributed by atoms with Gasteiger partial charge in [-0.15, -0.1) is 0 Å². The van der Waals surface area contributed by atoms with E-state index in [4.69, 9.17) is 21.4 Å². The van der Waals surface area contributed by atoms with E-state index in [2.05, 4.69) is 0 Å². The van der Waals surface area contributed by atoms with Gasteiger partial charge in [0, 0.05) is 0 Å². The minimum atomic E-state index is -3.63. The topological polar surface area (TPSA) is 63.6 Å². The molecule has 0 fully saturated rings. The molecule has 78 valence electrons. The summed E-state index contributed by atoms with van der Waals surface area (Å²) in [4.78, 5) is -0.0224. The smallest absolute Gasteiger partial charge is 0.202 e. The Balaban J connectivity index is 3.22. The van der Waals surface area contributed by atoms with Gasteiger partial charge in [0.2, 0.25) is 9.84 Å². The van der Waals surface area contributed by atoms with Gasteiger partial charge in [0.15, 0.2) is 0 Å². The molecule has 1 rings (SSSR count). The fraction of sp³-hybridized carbons (Fsp3) is 0.250. The molecular weight excluding hydrogens is 228 g/mol. The van der Waals surface area contributed by atoms with Crippen LogP contribution in [-0.2, 0) is 9.84 Å². The Morgan fingerprint density at radius 2 is 2.14 bits per heavy atom. The summed E-state index contributed by atoms with van der Waals surface area (Å²) >= 11 is 5.72. The Kier molecular flexibility index (Phi) is 3.36. The van der Waals surface area contributed by atoms with Gasteiger partial charge in [-0.05, 0) is 18.2 Å². The van der Waals surface area contributed by atoms with Gasteiger partial charge in [-0.1, -0.05) is 11.6 Å². The van der Waals surface area contributed by atoms with Crippen LogP contribution in [0.1, 0.15) is 0 Å². The number of aliphatic hydroxyl groups is 1. The van der Waals surface area contributed by atoms with Crippen molar-refractivity contribution in [1.29, 1.82) is 0 Å². The van der Waals surface area contributed by atoms with Gasteiger partial charge in [-0.3, -0.25) is 0 Å². The summed E-state index contributed by atoms with van der Waals surface area (Å²) in [5.41, 5.74) is 0. The van der Waals surface area contributed by atoms with Gasteiger partial charge < -0.3 is 9.84 Å². The van der Waals surface area contributed by atoms with E-state index in [9.17, 15) is 8.42 Å². The Labute approximate surface area is 87.0 Å². The first-order chi connectivity index (χ1) is 6.51. The van der Waals surface area contributed by atoms with Crippen LogP contribution in [0, 0.1) is 0 Å². The first-order valence-corrected chi connectivity index (χ1v) is 5.71. The summed E-state index contributed by atoms with van der Waals surface area (Å²) in [6.07, 6.45) is 0. The summed E-state index contributed by atoms with van der Waals surface area (Å²) in [6, 6.07) is 4.01. The highest BCUT2D eigenvalue weighted by atomic mass is 35.5. The van der Waals surface area contributed by atoms with Crippen molar-refractivity contribution < 1.29 is 18.3 Å². The van der Waals surface area contributed by atoms with E-state index in [0.717, 1.165) is 0 Å². The summed E-state index contributed by atoms with van der Waals surface area (Å²) in [7, 11) is -2.20. The zero-order valence-corrected chi connectivity index (χ0v) is 8.97. The Morgan fingerprint density at radius 3 is 2.57 bits per heavy atom. The molecule has 0 aliphatic heterocycles. The maximum absolute atomic E-state index is 11.2. The lowest BCUT2D eigenvalue weighted by molar-refractivity contribution is 0.358. The second kappa shape index (κ2) is 4.16. The maximum Gasteiger partial charge on any atom is 0.202 e. The monoisotopic (exact) mass is 236 g/mol. The van der Waals surface area contributed by atoms with Crippen molar-refractivity contribution in [3.8, 4) is 5.75 Å². The Morgan fingerprint density at radius 1 is 1.50 bits per heavy atom. The molecule has 0 unspecified atom stereocenters. The molecule has 0 aromatic heterocycles. The van der Waals surface area contributed by atoms with Crippen molar-refractivity contribution in [2.45, 2.75) is 4.90 Å². The molecule has 0 saturated heterocycles. The summed E-state index contributed by atoms with van der Waals surface area (Å²) in [6.45, 7) is 0. The van der Waals surface area contributed by atoms with E-state index in [-0.39, 0.29) is 9.92 Å². The van der Waals surface area contributed by atoms with Crippen LogP contribution in [0.3, 0.4) is 0 Å². The van der Waals surface area contributed by atoms with Gasteiger partial charge in [0.1, 0.15) is 11.7 Å². The fourth-order valence-electron chi connectivity index (χ4n) is 0.915. The molecule has 4 nitrogen and oxygen atoms in total. The number of methoxy groups -OCH3 is 1. The van der Waals surface area contributed by atoms with Crippen molar-refractivity contribution in [3.63, 3.8) is 0 Å². The van der Waals surface area contributed by atoms with E-state index in [1.165, 1.54) is 25.3 Å². The van der Waals surface area contributed by atoms with E-state index >= 15 is 0 Å². The number of hydrogen-bond acceptors (Lipinski definition) is 4. The first kappa shape index (κ1) is 11.3. The predicted molar refractivity (Wildman–Crippen MR) is 52.3 cm³/mol. The highest BCUT2D eigenvalue weighted by Crippen LogP contribution is 2.27. The molecule has 1 aromatic rings. The van der Waals surface area contributed by atoms with Crippen LogP contribution in [0.4, 0.5) is 0 Å². The number of aliphatic hydroxyl groups excluding tert-OH is 1. The van der Waals surface area contributed by atoms with Crippen molar-refractivity contribution in [3.05, 3.63) is 23.2 Å². The molecule has 0 aliphatic rings. The number of ether oxygens (including phenoxy) is 1. The molecule has 0 saturated carbocycles. The van der Waals surface area contributed by atoms with Crippen LogP contribution in [0.2, 0.25) is 5.02 Å². The van der Waals surface area contributed by atoms with Crippen molar-refractivity contribution in [2.24, 2.45) is 0 Å². The van der Waals surface area contributed by atoms with E-state index < -0.39 is 15.8 Å². The van der Waals surface area contributed by atoms with Crippen LogP contribution >= 0.6 is 11.6 Å². The molecule has 0 spiro atoms. The highest BCUT2D eigenvalue weighted by Gasteiger charge is 2.14. The number of rotatable bonds is 3. The molecule has 1 N–H and O–H groups in total. The third-order valence-electron chi connectivity index (χ3n) is 1.65. The van der Waals surface area contributed by atoms with Crippen LogP contribution < -0.4 is 4.74 Å². The van der Waals surface area contributed by atoms with Crippen LogP contribution in [0.15, 0.2) is 23.1 Å². The van der Waals surface area contributed by atoms with E-state index in [1.807, 2.05) is 0 Å². The predicted octanol–water partition coefficient (Wildman–Crippen LogP) is 1.07. The molecule has 0 amide bonds. The lowest BCUT2D eigenvalue weighted by atomic mass is 10.3. The minimum absolute atomic E-state index is 0.0224. The summed E-state index contributed by atoms with van der Waals surface area (Å²) < 4.78 is 27.3. The lowest BCUT2D eigenvalue weighted by Gasteiger charge is -2.05. The van der Waals surface area contributed by atoms with E-state index in [0.29, 0.717) is 5.75 Å². The van der Waals surface area contributed by atoms with Crippen LogP contribution in [0.25, 0.3) is 0 Å². The molecule has 0 heterocycles. The average molecular weight is 237 g/mol. The molecule has 0 atom stereocenters. The van der Waals surface area contributed by atoms with Crippen molar-refractivity contribution >= 4 is 21.4 Å². The fourth-order valence-corrected chi connectivity index (χ4v) is 1.96. The zero-order valence-electron chi connectivity index (χ0n) is 7.40. The molecule has 0 radical (unpaired) electrons. The van der Waals surface area contributed by atoms with Gasteiger partial charge in [-0.25, -0.2) is 8.42 Å². The largest absolute Gasteiger partial charge is 0.495 e. The van der Waals surface area contributed by atoms with Gasteiger partial charge in [0.05, 0.1) is 17.0 Å². The Bertz CT molecular complexity index is 427. The van der Waals surface area contributed by atoms with Gasteiger partial charge in [0.25, 0.3) is 0 Å².